The molecule has 0 aliphatic heterocycles. The maximum Gasteiger partial charge on any atom is 0.326 e. The number of carboxylic acids is 3. The summed E-state index contributed by atoms with van der Waals surface area (Å²) in [7, 11) is 0. The highest BCUT2D eigenvalue weighted by Crippen LogP contribution is 2.10. The van der Waals surface area contributed by atoms with Crippen molar-refractivity contribution in [2.45, 2.75) is 77.5 Å². The number of carbonyl (C=O) groups is 6. The van der Waals surface area contributed by atoms with Gasteiger partial charge in [0.2, 0.25) is 17.7 Å². The molecule has 0 aromatic heterocycles. The van der Waals surface area contributed by atoms with Crippen molar-refractivity contribution in [2.24, 2.45) is 17.6 Å². The molecule has 0 aromatic carbocycles. The van der Waals surface area contributed by atoms with Crippen LogP contribution in [0.15, 0.2) is 0 Å². The lowest BCUT2D eigenvalue weighted by Crippen LogP contribution is -2.58. The van der Waals surface area contributed by atoms with E-state index >= 15 is 0 Å². The van der Waals surface area contributed by atoms with Crippen molar-refractivity contribution < 1.29 is 44.1 Å². The van der Waals surface area contributed by atoms with Gasteiger partial charge in [-0.05, 0) is 11.8 Å². The largest absolute Gasteiger partial charge is 0.481 e. The Balaban J connectivity index is 5.63. The monoisotopic (exact) mass is 474 g/mol. The maximum absolute atomic E-state index is 12.7. The number of carboxylic acid groups (broad SMARTS) is 3. The number of rotatable bonds is 15. The molecule has 0 bridgehead atoms. The molecule has 33 heavy (non-hydrogen) atoms. The lowest BCUT2D eigenvalue weighted by molar-refractivity contribution is -0.145. The van der Waals surface area contributed by atoms with Gasteiger partial charge in [0.25, 0.3) is 0 Å². The molecule has 8 N–H and O–H groups in total. The first-order valence-electron chi connectivity index (χ1n) is 10.6. The molecule has 0 aromatic rings. The predicted octanol–water partition coefficient (Wildman–Crippen LogP) is -1.11. The van der Waals surface area contributed by atoms with Gasteiger partial charge in [-0.3, -0.25) is 24.0 Å². The van der Waals surface area contributed by atoms with E-state index in [-0.39, 0.29) is 5.92 Å². The fourth-order valence-corrected chi connectivity index (χ4v) is 2.76. The van der Waals surface area contributed by atoms with Crippen molar-refractivity contribution >= 4 is 35.6 Å². The van der Waals surface area contributed by atoms with Crippen molar-refractivity contribution in [2.75, 3.05) is 0 Å². The molecule has 0 rings (SSSR count). The Morgan fingerprint density at radius 1 is 0.697 bits per heavy atom. The number of aliphatic carboxylic acids is 3. The van der Waals surface area contributed by atoms with Crippen molar-refractivity contribution in [1.82, 2.24) is 16.0 Å². The molecule has 0 saturated carbocycles. The van der Waals surface area contributed by atoms with Gasteiger partial charge < -0.3 is 37.0 Å². The molecular formula is C20H34N4O9. The Morgan fingerprint density at radius 2 is 1.09 bits per heavy atom. The zero-order valence-corrected chi connectivity index (χ0v) is 19.2. The van der Waals surface area contributed by atoms with Crippen LogP contribution in [0, 0.1) is 11.8 Å². The van der Waals surface area contributed by atoms with Crippen LogP contribution in [0.5, 0.6) is 0 Å². The summed E-state index contributed by atoms with van der Waals surface area (Å²) in [5, 5.41) is 34.0. The van der Waals surface area contributed by atoms with Crippen molar-refractivity contribution in [1.29, 1.82) is 0 Å². The van der Waals surface area contributed by atoms with E-state index in [4.69, 9.17) is 15.9 Å². The molecule has 188 valence electrons. The summed E-state index contributed by atoms with van der Waals surface area (Å²) in [6.45, 7) is 6.76. The molecule has 0 spiro atoms. The quantitative estimate of drug-likeness (QED) is 0.151. The van der Waals surface area contributed by atoms with E-state index in [2.05, 4.69) is 16.0 Å². The Morgan fingerprint density at radius 3 is 1.45 bits per heavy atom. The summed E-state index contributed by atoms with van der Waals surface area (Å²) >= 11 is 0. The van der Waals surface area contributed by atoms with E-state index in [1.54, 1.807) is 27.7 Å². The molecule has 0 radical (unpaired) electrons. The average Bonchev–Trinajstić information content (AvgIpc) is 2.73. The first-order valence-corrected chi connectivity index (χ1v) is 10.6. The normalized spacial score (nSPS) is 16.3. The summed E-state index contributed by atoms with van der Waals surface area (Å²) in [6.07, 6.45) is -0.802. The fraction of sp³-hybridized carbons (Fsp3) is 0.700. The average molecular weight is 475 g/mol. The molecule has 6 atom stereocenters. The second kappa shape index (κ2) is 14.0. The van der Waals surface area contributed by atoms with Crippen LogP contribution in [0.4, 0.5) is 0 Å². The van der Waals surface area contributed by atoms with Crippen LogP contribution in [0.1, 0.15) is 53.4 Å². The van der Waals surface area contributed by atoms with E-state index < -0.39 is 78.6 Å². The number of hydrogen-bond acceptors (Lipinski definition) is 7. The minimum absolute atomic E-state index is 0.266. The van der Waals surface area contributed by atoms with Gasteiger partial charge in [-0.25, -0.2) is 4.79 Å². The molecule has 3 amide bonds. The second-order valence-electron chi connectivity index (χ2n) is 7.94. The lowest BCUT2D eigenvalue weighted by Gasteiger charge is -2.26. The number of nitrogens with one attached hydrogen (secondary N) is 3. The summed E-state index contributed by atoms with van der Waals surface area (Å²) in [5.74, 6) is -7.99. The second-order valence-corrected chi connectivity index (χ2v) is 7.94. The Labute approximate surface area is 191 Å². The first kappa shape index (κ1) is 29.8. The number of nitrogens with two attached hydrogens (primary N) is 1. The van der Waals surface area contributed by atoms with Gasteiger partial charge in [0, 0.05) is 0 Å². The molecule has 6 unspecified atom stereocenters. The highest BCUT2D eigenvalue weighted by atomic mass is 16.4. The summed E-state index contributed by atoms with van der Waals surface area (Å²) in [4.78, 5) is 71.4. The van der Waals surface area contributed by atoms with E-state index in [1.165, 1.54) is 0 Å². The van der Waals surface area contributed by atoms with Crippen LogP contribution in [-0.4, -0.2) is 75.1 Å². The SMILES string of the molecule is CCC(C)C(N)C(=O)NC(CC(=O)O)C(=O)NC(CC(=O)O)C(=O)NC(C(=O)O)C(C)CC. The van der Waals surface area contributed by atoms with Gasteiger partial charge in [-0.15, -0.1) is 0 Å². The third kappa shape index (κ3) is 10.3. The molecule has 0 fully saturated rings. The minimum Gasteiger partial charge on any atom is -0.481 e. The fourth-order valence-electron chi connectivity index (χ4n) is 2.76. The smallest absolute Gasteiger partial charge is 0.326 e. The third-order valence-corrected chi connectivity index (χ3v) is 5.36. The molecule has 13 heteroatoms. The van der Waals surface area contributed by atoms with Gasteiger partial charge in [0.1, 0.15) is 18.1 Å². The predicted molar refractivity (Wildman–Crippen MR) is 115 cm³/mol. The highest BCUT2D eigenvalue weighted by molar-refractivity contribution is 5.96. The Bertz CT molecular complexity index is 743. The van der Waals surface area contributed by atoms with Crippen LogP contribution in [0.3, 0.4) is 0 Å². The summed E-state index contributed by atoms with van der Waals surface area (Å²) < 4.78 is 0. The standard InChI is InChI=1S/C20H34N4O9/c1-5-9(3)15(21)19(31)23-11(7-13(25)26)17(29)22-12(8-14(27)28)18(30)24-16(20(32)33)10(4)6-2/h9-12,15-16H,5-8,21H2,1-4H3,(H,22,29)(H,23,31)(H,24,30)(H,25,26)(H,27,28)(H,32,33). The van der Waals surface area contributed by atoms with Gasteiger partial charge in [-0.1, -0.05) is 40.5 Å². The molecular weight excluding hydrogens is 440 g/mol. The van der Waals surface area contributed by atoms with E-state index in [0.29, 0.717) is 12.8 Å². The van der Waals surface area contributed by atoms with Crippen molar-refractivity contribution in [3.05, 3.63) is 0 Å². The zero-order valence-electron chi connectivity index (χ0n) is 19.2. The maximum atomic E-state index is 12.7. The summed E-state index contributed by atoms with van der Waals surface area (Å²) in [6, 6.07) is -5.71. The number of carbonyl (C=O) groups excluding carboxylic acids is 3. The molecule has 0 aliphatic carbocycles. The number of hydrogen-bond donors (Lipinski definition) is 7. The van der Waals surface area contributed by atoms with Gasteiger partial charge in [0.05, 0.1) is 18.9 Å². The Hall–Kier alpha value is -3.22. The van der Waals surface area contributed by atoms with E-state index in [9.17, 15) is 33.9 Å². The van der Waals surface area contributed by atoms with Crippen LogP contribution in [-0.2, 0) is 28.8 Å². The molecule has 13 nitrogen and oxygen atoms in total. The van der Waals surface area contributed by atoms with Crippen molar-refractivity contribution in [3.63, 3.8) is 0 Å². The van der Waals surface area contributed by atoms with Crippen LogP contribution in [0.2, 0.25) is 0 Å². The third-order valence-electron chi connectivity index (χ3n) is 5.36. The van der Waals surface area contributed by atoms with Crippen LogP contribution < -0.4 is 21.7 Å². The molecule has 0 aliphatic rings. The molecule has 0 heterocycles. The van der Waals surface area contributed by atoms with Gasteiger partial charge >= 0.3 is 17.9 Å². The Kier molecular flexibility index (Phi) is 12.7. The number of amides is 3. The first-order chi connectivity index (χ1) is 15.2. The van der Waals surface area contributed by atoms with Crippen LogP contribution >= 0.6 is 0 Å². The lowest BCUT2D eigenvalue weighted by atomic mass is 9.98. The molecule has 0 saturated heterocycles. The van der Waals surface area contributed by atoms with Gasteiger partial charge in [-0.2, -0.15) is 0 Å². The minimum atomic E-state index is -1.71. The zero-order chi connectivity index (χ0) is 25.9. The summed E-state index contributed by atoms with van der Waals surface area (Å²) in [5.41, 5.74) is 5.80. The van der Waals surface area contributed by atoms with Crippen LogP contribution in [0.25, 0.3) is 0 Å². The van der Waals surface area contributed by atoms with E-state index in [1.807, 2.05) is 0 Å². The topological polar surface area (TPSA) is 225 Å². The van der Waals surface area contributed by atoms with E-state index in [0.717, 1.165) is 0 Å². The highest BCUT2D eigenvalue weighted by Gasteiger charge is 2.34. The van der Waals surface area contributed by atoms with Crippen molar-refractivity contribution in [3.8, 4) is 0 Å². The van der Waals surface area contributed by atoms with Gasteiger partial charge in [0.15, 0.2) is 0 Å².